The van der Waals surface area contributed by atoms with E-state index in [1.165, 1.54) is 0 Å². The zero-order valence-corrected chi connectivity index (χ0v) is 15.7. The van der Waals surface area contributed by atoms with E-state index < -0.39 is 8.32 Å². The Balaban J connectivity index is 3.57. The minimum atomic E-state index is -1.56. The topological polar surface area (TPSA) is 26.3 Å². The maximum Gasteiger partial charge on any atom is 0.191 e. The molecule has 0 fully saturated rings. The van der Waals surface area contributed by atoms with Crippen LogP contribution in [0.3, 0.4) is 0 Å². The van der Waals surface area contributed by atoms with E-state index >= 15 is 0 Å². The van der Waals surface area contributed by atoms with Crippen LogP contribution >= 0.6 is 0 Å². The standard InChI is InChI=1S/C18H34O2Si/c1-18(2,3)21(4,5)20-17-15-13-11-9-7-6-8-10-12-14-16-19/h8-11,16H,6-7,12-15,17H2,1-5H3/b10-8+,11-9+. The average molecular weight is 311 g/mol. The fourth-order valence-electron chi connectivity index (χ4n) is 1.57. The Hall–Kier alpha value is -0.673. The monoisotopic (exact) mass is 310 g/mol. The Morgan fingerprint density at radius 1 is 0.857 bits per heavy atom. The van der Waals surface area contributed by atoms with E-state index in [4.69, 9.17) is 4.43 Å². The van der Waals surface area contributed by atoms with Crippen LogP contribution in [0.2, 0.25) is 18.1 Å². The first-order chi connectivity index (χ1) is 9.81. The van der Waals surface area contributed by atoms with Crippen LogP contribution in [-0.4, -0.2) is 21.2 Å². The summed E-state index contributed by atoms with van der Waals surface area (Å²) < 4.78 is 6.14. The Labute approximate surface area is 132 Å². The lowest BCUT2D eigenvalue weighted by Gasteiger charge is -2.36. The van der Waals surface area contributed by atoms with Crippen LogP contribution in [0.15, 0.2) is 24.3 Å². The number of rotatable bonds is 11. The highest BCUT2D eigenvalue weighted by Gasteiger charge is 2.36. The van der Waals surface area contributed by atoms with Gasteiger partial charge in [0.2, 0.25) is 0 Å². The molecular weight excluding hydrogens is 276 g/mol. The predicted molar refractivity (Wildman–Crippen MR) is 95.2 cm³/mol. The fraction of sp³-hybridized carbons (Fsp3) is 0.722. The number of allylic oxidation sites excluding steroid dienone is 4. The molecule has 0 radical (unpaired) electrons. The van der Waals surface area contributed by atoms with E-state index in [0.29, 0.717) is 11.5 Å². The summed E-state index contributed by atoms with van der Waals surface area (Å²) in [4.78, 5) is 10.1. The van der Waals surface area contributed by atoms with E-state index in [1.54, 1.807) is 0 Å². The SMILES string of the molecule is CC(C)(C)[Si](C)(C)OCCC/C=C/CC/C=C/CCC=O. The molecule has 0 aromatic rings. The number of unbranched alkanes of at least 4 members (excludes halogenated alkanes) is 3. The number of carbonyl (C=O) groups excluding carboxylic acids is 1. The van der Waals surface area contributed by atoms with Gasteiger partial charge in [0.05, 0.1) is 0 Å². The lowest BCUT2D eigenvalue weighted by atomic mass is 10.2. The highest BCUT2D eigenvalue weighted by atomic mass is 28.4. The van der Waals surface area contributed by atoms with Crippen LogP contribution in [0.1, 0.15) is 59.3 Å². The quantitative estimate of drug-likeness (QED) is 0.213. The molecule has 21 heavy (non-hydrogen) atoms. The van der Waals surface area contributed by atoms with Crippen LogP contribution in [-0.2, 0) is 9.22 Å². The molecule has 0 aromatic heterocycles. The van der Waals surface area contributed by atoms with Gasteiger partial charge in [-0.3, -0.25) is 0 Å². The van der Waals surface area contributed by atoms with Gasteiger partial charge in [0, 0.05) is 13.0 Å². The van der Waals surface area contributed by atoms with Crippen molar-refractivity contribution in [3.05, 3.63) is 24.3 Å². The van der Waals surface area contributed by atoms with E-state index in [9.17, 15) is 4.79 Å². The number of hydrogen-bond acceptors (Lipinski definition) is 2. The molecule has 0 aliphatic carbocycles. The Morgan fingerprint density at radius 2 is 1.33 bits per heavy atom. The fourth-order valence-corrected chi connectivity index (χ4v) is 2.66. The molecule has 0 aromatic carbocycles. The van der Waals surface area contributed by atoms with Gasteiger partial charge in [-0.05, 0) is 50.2 Å². The van der Waals surface area contributed by atoms with Crippen molar-refractivity contribution in [2.75, 3.05) is 6.61 Å². The summed E-state index contributed by atoms with van der Waals surface area (Å²) in [5.74, 6) is 0. The van der Waals surface area contributed by atoms with E-state index in [1.807, 2.05) is 0 Å². The maximum atomic E-state index is 10.1. The van der Waals surface area contributed by atoms with Gasteiger partial charge in [-0.2, -0.15) is 0 Å². The van der Waals surface area contributed by atoms with Crippen LogP contribution < -0.4 is 0 Å². The lowest BCUT2D eigenvalue weighted by molar-refractivity contribution is -0.107. The van der Waals surface area contributed by atoms with Gasteiger partial charge in [-0.1, -0.05) is 45.1 Å². The zero-order chi connectivity index (χ0) is 16.2. The summed E-state index contributed by atoms with van der Waals surface area (Å²) in [5.41, 5.74) is 0. The summed E-state index contributed by atoms with van der Waals surface area (Å²) >= 11 is 0. The minimum Gasteiger partial charge on any atom is -0.417 e. The maximum absolute atomic E-state index is 10.1. The van der Waals surface area contributed by atoms with Gasteiger partial charge in [-0.15, -0.1) is 0 Å². The van der Waals surface area contributed by atoms with Gasteiger partial charge in [0.1, 0.15) is 6.29 Å². The molecule has 3 heteroatoms. The van der Waals surface area contributed by atoms with Crippen molar-refractivity contribution < 1.29 is 9.22 Å². The molecule has 0 unspecified atom stereocenters. The van der Waals surface area contributed by atoms with Crippen molar-refractivity contribution in [2.24, 2.45) is 0 Å². The molecule has 122 valence electrons. The molecule has 0 saturated heterocycles. The molecule has 0 rings (SSSR count). The van der Waals surface area contributed by atoms with Crippen LogP contribution in [0.5, 0.6) is 0 Å². The Kier molecular flexibility index (Phi) is 10.6. The second-order valence-electron chi connectivity index (χ2n) is 7.02. The lowest BCUT2D eigenvalue weighted by Crippen LogP contribution is -2.40. The van der Waals surface area contributed by atoms with Crippen molar-refractivity contribution in [3.8, 4) is 0 Å². The zero-order valence-electron chi connectivity index (χ0n) is 14.7. The van der Waals surface area contributed by atoms with Crippen molar-refractivity contribution in [1.82, 2.24) is 0 Å². The van der Waals surface area contributed by atoms with E-state index in [-0.39, 0.29) is 0 Å². The second kappa shape index (κ2) is 11.0. The first kappa shape index (κ1) is 20.3. The first-order valence-electron chi connectivity index (χ1n) is 8.19. The predicted octanol–water partition coefficient (Wildman–Crippen LogP) is 5.66. The molecule has 0 bridgehead atoms. The third kappa shape index (κ3) is 10.7. The van der Waals surface area contributed by atoms with Gasteiger partial charge in [0.15, 0.2) is 8.32 Å². The molecule has 0 aliphatic rings. The van der Waals surface area contributed by atoms with E-state index in [0.717, 1.165) is 45.0 Å². The number of aldehydes is 1. The Morgan fingerprint density at radius 3 is 1.81 bits per heavy atom. The van der Waals surface area contributed by atoms with Gasteiger partial charge < -0.3 is 9.22 Å². The molecular formula is C18H34O2Si. The molecule has 0 amide bonds. The minimum absolute atomic E-state index is 0.305. The third-order valence-corrected chi connectivity index (χ3v) is 8.61. The number of carbonyl (C=O) groups is 1. The van der Waals surface area contributed by atoms with Crippen LogP contribution in [0, 0.1) is 0 Å². The van der Waals surface area contributed by atoms with E-state index in [2.05, 4.69) is 58.2 Å². The molecule has 0 aliphatic heterocycles. The van der Waals surface area contributed by atoms with Gasteiger partial charge in [-0.25, -0.2) is 0 Å². The highest BCUT2D eigenvalue weighted by Crippen LogP contribution is 2.36. The molecule has 0 atom stereocenters. The molecule has 0 spiro atoms. The average Bonchev–Trinajstić information content (AvgIpc) is 2.38. The summed E-state index contributed by atoms with van der Waals surface area (Å²) in [6.07, 6.45) is 15.6. The molecule has 0 saturated carbocycles. The van der Waals surface area contributed by atoms with Crippen LogP contribution in [0.25, 0.3) is 0 Å². The number of hydrogen-bond donors (Lipinski definition) is 0. The largest absolute Gasteiger partial charge is 0.417 e. The molecule has 0 N–H and O–H groups in total. The van der Waals surface area contributed by atoms with Crippen LogP contribution in [0.4, 0.5) is 0 Å². The highest BCUT2D eigenvalue weighted by molar-refractivity contribution is 6.74. The molecule has 2 nitrogen and oxygen atoms in total. The second-order valence-corrected chi connectivity index (χ2v) is 11.8. The summed E-state index contributed by atoms with van der Waals surface area (Å²) in [6, 6.07) is 0. The van der Waals surface area contributed by atoms with Crippen molar-refractivity contribution >= 4 is 14.6 Å². The summed E-state index contributed by atoms with van der Waals surface area (Å²) in [5, 5.41) is 0.305. The first-order valence-corrected chi connectivity index (χ1v) is 11.1. The molecule has 0 heterocycles. The smallest absolute Gasteiger partial charge is 0.191 e. The normalized spacial score (nSPS) is 13.4. The third-order valence-electron chi connectivity index (χ3n) is 4.07. The van der Waals surface area contributed by atoms with Crippen molar-refractivity contribution in [1.29, 1.82) is 0 Å². The van der Waals surface area contributed by atoms with Gasteiger partial charge in [0.25, 0.3) is 0 Å². The Bertz CT molecular complexity index is 325. The summed E-state index contributed by atoms with van der Waals surface area (Å²) in [7, 11) is -1.56. The van der Waals surface area contributed by atoms with Crippen molar-refractivity contribution in [3.63, 3.8) is 0 Å². The summed E-state index contributed by atoms with van der Waals surface area (Å²) in [6.45, 7) is 12.3. The van der Waals surface area contributed by atoms with Gasteiger partial charge >= 0.3 is 0 Å². The van der Waals surface area contributed by atoms with Crippen molar-refractivity contribution in [2.45, 2.75) is 77.4 Å².